The molecule has 1 saturated heterocycles. The molecule has 0 saturated carbocycles. The van der Waals surface area contributed by atoms with Crippen LogP contribution in [0.5, 0.6) is 0 Å². The van der Waals surface area contributed by atoms with Crippen LogP contribution in [0.4, 0.5) is 0 Å². The Bertz CT molecular complexity index is 86.4. The van der Waals surface area contributed by atoms with Crippen LogP contribution >= 0.6 is 10.5 Å². The predicted molar refractivity (Wildman–Crippen MR) is 38.2 cm³/mol. The van der Waals surface area contributed by atoms with E-state index in [0.717, 1.165) is 16.4 Å². The zero-order valence-electron chi connectivity index (χ0n) is 4.98. The van der Waals surface area contributed by atoms with Gasteiger partial charge < -0.3 is 0 Å². The van der Waals surface area contributed by atoms with Crippen molar-refractivity contribution in [3.8, 4) is 0 Å². The molecule has 0 N–H and O–H groups in total. The monoisotopic (exact) mass is 116 g/mol. The number of hydrogen-bond acceptors (Lipinski definition) is 0. The zero-order chi connectivity index (χ0) is 5.28. The van der Waals surface area contributed by atoms with Crippen molar-refractivity contribution < 1.29 is 0 Å². The first kappa shape index (κ1) is 5.36. The summed E-state index contributed by atoms with van der Waals surface area (Å²) in [6.07, 6.45) is 0. The topological polar surface area (TPSA) is 0 Å². The first-order valence-electron chi connectivity index (χ1n) is 2.80. The third-order valence-corrected chi connectivity index (χ3v) is 2.71. The summed E-state index contributed by atoms with van der Waals surface area (Å²) in [5.74, 6) is 3.79. The summed E-state index contributed by atoms with van der Waals surface area (Å²) in [5, 5.41) is 2.47. The molecule has 0 nitrogen and oxygen atoms in total. The zero-order valence-corrected chi connectivity index (χ0v) is 5.79. The molecule has 1 aliphatic rings. The summed E-state index contributed by atoms with van der Waals surface area (Å²) in [7, 11) is 0.779. The van der Waals surface area contributed by atoms with E-state index in [4.69, 9.17) is 0 Å². The Hall–Kier alpha value is 0.220. The molecular weight excluding hydrogens is 104 g/mol. The second-order valence-corrected chi connectivity index (χ2v) is 4.49. The van der Waals surface area contributed by atoms with Gasteiger partial charge in [0.2, 0.25) is 0 Å². The maximum atomic E-state index is 2.47. The molecule has 0 amide bonds. The molecule has 1 heterocycles. The molecule has 0 aromatic carbocycles. The van der Waals surface area contributed by atoms with Crippen LogP contribution in [0, 0.1) is 5.92 Å². The summed E-state index contributed by atoms with van der Waals surface area (Å²) in [6, 6.07) is 0. The Morgan fingerprint density at radius 3 is 2.14 bits per heavy atom. The molecule has 0 aromatic heterocycles. The van der Waals surface area contributed by atoms with E-state index < -0.39 is 0 Å². The van der Waals surface area contributed by atoms with Gasteiger partial charge in [-0.15, -0.1) is 0 Å². The highest BCUT2D eigenvalue weighted by Gasteiger charge is 2.07. The van der Waals surface area contributed by atoms with Crippen LogP contribution in [0.2, 0.25) is 0 Å². The maximum Gasteiger partial charge on any atom is -0.00332 e. The van der Waals surface area contributed by atoms with E-state index in [1.54, 1.807) is 0 Å². The predicted octanol–water partition coefficient (Wildman–Crippen LogP) is 1.73. The summed E-state index contributed by atoms with van der Waals surface area (Å²) in [6.45, 7) is 4.51. The standard InChI is InChI=1S/C6H12S/c1-6(2)5-7-3-4-7/h5-6H,3-4H2,1-2H3. The fourth-order valence-corrected chi connectivity index (χ4v) is 2.00. The van der Waals surface area contributed by atoms with E-state index in [1.165, 1.54) is 11.5 Å². The Kier molecular flexibility index (Phi) is 1.53. The highest BCUT2D eigenvalue weighted by molar-refractivity contribution is 8.21. The van der Waals surface area contributed by atoms with Gasteiger partial charge in [-0.05, 0) is 17.4 Å². The van der Waals surface area contributed by atoms with Gasteiger partial charge in [0, 0.05) is 0 Å². The average molecular weight is 116 g/mol. The lowest BCUT2D eigenvalue weighted by atomic mass is 10.3. The minimum atomic E-state index is 0.779. The fraction of sp³-hybridized carbons (Fsp3) is 0.833. The Balaban J connectivity index is 2.30. The van der Waals surface area contributed by atoms with Gasteiger partial charge in [-0.3, -0.25) is 0 Å². The first-order valence-corrected chi connectivity index (χ1v) is 4.43. The van der Waals surface area contributed by atoms with Crippen molar-refractivity contribution in [2.24, 2.45) is 5.92 Å². The van der Waals surface area contributed by atoms with Crippen LogP contribution in [0.3, 0.4) is 0 Å². The van der Waals surface area contributed by atoms with Crippen molar-refractivity contribution in [3.63, 3.8) is 0 Å². The van der Waals surface area contributed by atoms with Crippen LogP contribution in [-0.4, -0.2) is 16.9 Å². The molecule has 7 heavy (non-hydrogen) atoms. The van der Waals surface area contributed by atoms with Crippen LogP contribution in [0.15, 0.2) is 0 Å². The van der Waals surface area contributed by atoms with Crippen molar-refractivity contribution >= 4 is 15.9 Å². The normalized spacial score (nSPS) is 20.4. The van der Waals surface area contributed by atoms with Crippen molar-refractivity contribution in [1.29, 1.82) is 0 Å². The molecule has 0 aliphatic carbocycles. The number of hydrogen-bond donors (Lipinski definition) is 0. The summed E-state index contributed by atoms with van der Waals surface area (Å²) < 4.78 is 0. The lowest BCUT2D eigenvalue weighted by molar-refractivity contribution is 0.921. The Morgan fingerprint density at radius 1 is 1.43 bits per heavy atom. The molecule has 0 radical (unpaired) electrons. The summed E-state index contributed by atoms with van der Waals surface area (Å²) in [4.78, 5) is 0. The van der Waals surface area contributed by atoms with Crippen molar-refractivity contribution in [3.05, 3.63) is 0 Å². The molecule has 0 atom stereocenters. The minimum absolute atomic E-state index is 0.779. The van der Waals surface area contributed by atoms with Crippen molar-refractivity contribution in [2.45, 2.75) is 13.8 Å². The first-order chi connectivity index (χ1) is 3.29. The van der Waals surface area contributed by atoms with Gasteiger partial charge in [-0.2, -0.15) is 10.5 Å². The lowest BCUT2D eigenvalue weighted by Gasteiger charge is -1.88. The molecule has 1 rings (SSSR count). The largest absolute Gasteiger partial charge is 0.188 e. The Labute approximate surface area is 47.9 Å². The molecule has 42 valence electrons. The van der Waals surface area contributed by atoms with Gasteiger partial charge in [0.05, 0.1) is 0 Å². The van der Waals surface area contributed by atoms with Crippen molar-refractivity contribution in [1.82, 2.24) is 0 Å². The van der Waals surface area contributed by atoms with E-state index in [1.807, 2.05) is 0 Å². The molecule has 0 spiro atoms. The second kappa shape index (κ2) is 1.99. The summed E-state index contributed by atoms with van der Waals surface area (Å²) >= 11 is 0. The van der Waals surface area contributed by atoms with Crippen molar-refractivity contribution in [2.75, 3.05) is 11.5 Å². The van der Waals surface area contributed by atoms with E-state index >= 15 is 0 Å². The van der Waals surface area contributed by atoms with E-state index in [0.29, 0.717) is 0 Å². The molecule has 0 unspecified atom stereocenters. The third-order valence-electron chi connectivity index (χ3n) is 0.904. The van der Waals surface area contributed by atoms with Gasteiger partial charge in [0.25, 0.3) is 0 Å². The molecule has 0 bridgehead atoms. The molecule has 1 fully saturated rings. The second-order valence-electron chi connectivity index (χ2n) is 2.33. The van der Waals surface area contributed by atoms with Gasteiger partial charge in [0.15, 0.2) is 0 Å². The third kappa shape index (κ3) is 2.12. The van der Waals surface area contributed by atoms with Gasteiger partial charge in [0.1, 0.15) is 0 Å². The van der Waals surface area contributed by atoms with Crippen LogP contribution in [-0.2, 0) is 0 Å². The van der Waals surface area contributed by atoms with Gasteiger partial charge >= 0.3 is 0 Å². The molecule has 0 aromatic rings. The van der Waals surface area contributed by atoms with Crippen LogP contribution < -0.4 is 0 Å². The molecule has 1 heteroatoms. The maximum absolute atomic E-state index is 2.47. The van der Waals surface area contributed by atoms with Gasteiger partial charge in [-0.1, -0.05) is 19.2 Å². The average Bonchev–Trinajstić information content (AvgIpc) is 2.17. The smallest absolute Gasteiger partial charge is 0.00332 e. The van der Waals surface area contributed by atoms with E-state index in [-0.39, 0.29) is 0 Å². The highest BCUT2D eigenvalue weighted by atomic mass is 32.2. The van der Waals surface area contributed by atoms with E-state index in [2.05, 4.69) is 19.2 Å². The lowest BCUT2D eigenvalue weighted by Crippen LogP contribution is -1.82. The quantitative estimate of drug-likeness (QED) is 0.361. The minimum Gasteiger partial charge on any atom is -0.188 e. The fourth-order valence-electron chi connectivity index (χ4n) is 0.569. The molecule has 1 aliphatic heterocycles. The van der Waals surface area contributed by atoms with Crippen LogP contribution in [0.1, 0.15) is 13.8 Å². The molecular formula is C6H12S. The SMILES string of the molecule is CC(C)C=S1CC1. The van der Waals surface area contributed by atoms with E-state index in [9.17, 15) is 0 Å². The highest BCUT2D eigenvalue weighted by Crippen LogP contribution is 2.28. The van der Waals surface area contributed by atoms with Gasteiger partial charge in [-0.25, -0.2) is 0 Å². The summed E-state index contributed by atoms with van der Waals surface area (Å²) in [5.41, 5.74) is 0. The van der Waals surface area contributed by atoms with Crippen LogP contribution in [0.25, 0.3) is 0 Å². The Morgan fingerprint density at radius 2 is 2.00 bits per heavy atom. The number of rotatable bonds is 1.